The Morgan fingerprint density at radius 2 is 2.05 bits per heavy atom. The molecule has 1 unspecified atom stereocenters. The molecule has 1 heterocycles. The Kier molecular flexibility index (Phi) is 5.41. The van der Waals surface area contributed by atoms with Gasteiger partial charge in [0.1, 0.15) is 6.04 Å². The zero-order valence-electron chi connectivity index (χ0n) is 12.2. The Labute approximate surface area is 128 Å². The van der Waals surface area contributed by atoms with Gasteiger partial charge in [-0.1, -0.05) is 6.08 Å². The second kappa shape index (κ2) is 7.49. The molecule has 2 N–H and O–H groups in total. The molecule has 0 spiro atoms. The minimum absolute atomic E-state index is 0.301. The van der Waals surface area contributed by atoms with Crippen LogP contribution in [-0.4, -0.2) is 36.2 Å². The first-order valence-electron chi connectivity index (χ1n) is 7.16. The molecular formula is C16H19NO5. The minimum atomic E-state index is -1.07. The molecule has 0 aliphatic carbocycles. The van der Waals surface area contributed by atoms with Gasteiger partial charge >= 0.3 is 5.97 Å². The second-order valence-electron chi connectivity index (χ2n) is 4.94. The van der Waals surface area contributed by atoms with Crippen molar-refractivity contribution in [1.29, 1.82) is 0 Å². The smallest absolute Gasteiger partial charge is 0.326 e. The maximum Gasteiger partial charge on any atom is 0.326 e. The van der Waals surface area contributed by atoms with Crippen molar-refractivity contribution in [2.45, 2.75) is 25.3 Å². The molecule has 0 saturated heterocycles. The van der Waals surface area contributed by atoms with Gasteiger partial charge in [0, 0.05) is 12.0 Å². The number of amides is 1. The maximum atomic E-state index is 12.2. The minimum Gasteiger partial charge on any atom is -0.490 e. The molecule has 0 saturated carbocycles. The van der Waals surface area contributed by atoms with E-state index in [1.54, 1.807) is 24.3 Å². The number of aliphatic carboxylic acids is 1. The molecule has 6 heteroatoms. The normalized spacial score (nSPS) is 14.5. The average molecular weight is 305 g/mol. The van der Waals surface area contributed by atoms with Gasteiger partial charge in [0.25, 0.3) is 5.91 Å². The van der Waals surface area contributed by atoms with E-state index in [1.165, 1.54) is 0 Å². The number of hydrogen-bond acceptors (Lipinski definition) is 4. The SMILES string of the molecule is C=CCCC(NC(=O)c1ccc2c(c1)OCCCO2)C(=O)O. The monoisotopic (exact) mass is 305 g/mol. The molecule has 118 valence electrons. The van der Waals surface area contributed by atoms with Crippen LogP contribution in [0.25, 0.3) is 0 Å². The number of ether oxygens (including phenoxy) is 2. The number of fused-ring (bicyclic) bond motifs is 1. The second-order valence-corrected chi connectivity index (χ2v) is 4.94. The maximum absolute atomic E-state index is 12.2. The summed E-state index contributed by atoms with van der Waals surface area (Å²) in [5.74, 6) is -0.421. The van der Waals surface area contributed by atoms with Crippen molar-refractivity contribution in [2.75, 3.05) is 13.2 Å². The van der Waals surface area contributed by atoms with Crippen molar-refractivity contribution in [1.82, 2.24) is 5.32 Å². The van der Waals surface area contributed by atoms with Crippen LogP contribution < -0.4 is 14.8 Å². The van der Waals surface area contributed by atoms with Gasteiger partial charge in [-0.05, 0) is 31.0 Å². The Morgan fingerprint density at radius 1 is 1.32 bits per heavy atom. The highest BCUT2D eigenvalue weighted by Gasteiger charge is 2.21. The quantitative estimate of drug-likeness (QED) is 0.785. The number of hydrogen-bond donors (Lipinski definition) is 2. The summed E-state index contributed by atoms with van der Waals surface area (Å²) >= 11 is 0. The molecule has 1 amide bonds. The standard InChI is InChI=1S/C16H19NO5/c1-2-3-5-12(16(19)20)17-15(18)11-6-7-13-14(10-11)22-9-4-8-21-13/h2,6-7,10,12H,1,3-5,8-9H2,(H,17,18)(H,19,20). The molecule has 1 atom stereocenters. The zero-order valence-corrected chi connectivity index (χ0v) is 12.2. The molecule has 6 nitrogen and oxygen atoms in total. The van der Waals surface area contributed by atoms with Gasteiger partial charge in [-0.15, -0.1) is 6.58 Å². The highest BCUT2D eigenvalue weighted by Crippen LogP contribution is 2.30. The van der Waals surface area contributed by atoms with Crippen LogP contribution in [-0.2, 0) is 4.79 Å². The van der Waals surface area contributed by atoms with E-state index < -0.39 is 17.9 Å². The summed E-state index contributed by atoms with van der Waals surface area (Å²) in [7, 11) is 0. The van der Waals surface area contributed by atoms with Crippen LogP contribution in [0.3, 0.4) is 0 Å². The van der Waals surface area contributed by atoms with E-state index in [0.717, 1.165) is 6.42 Å². The van der Waals surface area contributed by atoms with Crippen molar-refractivity contribution in [3.8, 4) is 11.5 Å². The predicted molar refractivity (Wildman–Crippen MR) is 80.4 cm³/mol. The van der Waals surface area contributed by atoms with Crippen LogP contribution in [0.5, 0.6) is 11.5 Å². The fourth-order valence-electron chi connectivity index (χ4n) is 2.09. The topological polar surface area (TPSA) is 84.9 Å². The molecule has 0 bridgehead atoms. The van der Waals surface area contributed by atoms with Crippen molar-refractivity contribution < 1.29 is 24.2 Å². The number of carbonyl (C=O) groups is 2. The fourth-order valence-corrected chi connectivity index (χ4v) is 2.09. The molecule has 1 aromatic rings. The predicted octanol–water partition coefficient (Wildman–Crippen LogP) is 2.00. The van der Waals surface area contributed by atoms with Crippen LogP contribution >= 0.6 is 0 Å². The summed E-state index contributed by atoms with van der Waals surface area (Å²) in [5, 5.41) is 11.6. The van der Waals surface area contributed by atoms with E-state index in [2.05, 4.69) is 11.9 Å². The number of benzene rings is 1. The van der Waals surface area contributed by atoms with E-state index in [-0.39, 0.29) is 0 Å². The summed E-state index contributed by atoms with van der Waals surface area (Å²) < 4.78 is 11.0. The van der Waals surface area contributed by atoms with E-state index in [1.807, 2.05) is 0 Å². The van der Waals surface area contributed by atoms with Crippen LogP contribution in [0.2, 0.25) is 0 Å². The summed E-state index contributed by atoms with van der Waals surface area (Å²) in [5.41, 5.74) is 0.342. The van der Waals surface area contributed by atoms with Gasteiger partial charge in [-0.25, -0.2) is 4.79 Å². The molecule has 1 aliphatic heterocycles. The molecule has 2 rings (SSSR count). The van der Waals surface area contributed by atoms with Crippen molar-refractivity contribution >= 4 is 11.9 Å². The molecule has 1 aliphatic rings. The zero-order chi connectivity index (χ0) is 15.9. The molecule has 0 fully saturated rings. The molecule has 22 heavy (non-hydrogen) atoms. The molecule has 0 radical (unpaired) electrons. The Hall–Kier alpha value is -2.50. The van der Waals surface area contributed by atoms with Gasteiger partial charge in [0.05, 0.1) is 13.2 Å². The summed E-state index contributed by atoms with van der Waals surface area (Å²) in [6.07, 6.45) is 3.21. The highest BCUT2D eigenvalue weighted by atomic mass is 16.5. The number of carboxylic acids is 1. The lowest BCUT2D eigenvalue weighted by Crippen LogP contribution is -2.40. The first-order chi connectivity index (χ1) is 10.6. The van der Waals surface area contributed by atoms with Gasteiger partial charge in [-0.3, -0.25) is 4.79 Å². The van der Waals surface area contributed by atoms with Crippen LogP contribution in [0.1, 0.15) is 29.6 Å². The van der Waals surface area contributed by atoms with Crippen molar-refractivity contribution in [3.63, 3.8) is 0 Å². The summed E-state index contributed by atoms with van der Waals surface area (Å²) in [4.78, 5) is 23.4. The average Bonchev–Trinajstić information content (AvgIpc) is 2.75. The lowest BCUT2D eigenvalue weighted by molar-refractivity contribution is -0.139. The fraction of sp³-hybridized carbons (Fsp3) is 0.375. The van der Waals surface area contributed by atoms with E-state index in [9.17, 15) is 9.59 Å². The van der Waals surface area contributed by atoms with Gasteiger partial charge in [-0.2, -0.15) is 0 Å². The Morgan fingerprint density at radius 3 is 2.73 bits per heavy atom. The van der Waals surface area contributed by atoms with Crippen LogP contribution in [0, 0.1) is 0 Å². The summed E-state index contributed by atoms with van der Waals surface area (Å²) in [6.45, 7) is 4.64. The summed E-state index contributed by atoms with van der Waals surface area (Å²) in [6, 6.07) is 3.88. The Balaban J connectivity index is 2.09. The van der Waals surface area contributed by atoms with Gasteiger partial charge in [0.2, 0.25) is 0 Å². The lowest BCUT2D eigenvalue weighted by atomic mass is 10.1. The van der Waals surface area contributed by atoms with E-state index >= 15 is 0 Å². The van der Waals surface area contributed by atoms with Crippen molar-refractivity contribution in [3.05, 3.63) is 36.4 Å². The number of carbonyl (C=O) groups excluding carboxylic acids is 1. The van der Waals surface area contributed by atoms with Crippen LogP contribution in [0.15, 0.2) is 30.9 Å². The third kappa shape index (κ3) is 4.00. The molecular weight excluding hydrogens is 286 g/mol. The van der Waals surface area contributed by atoms with Gasteiger partial charge < -0.3 is 19.9 Å². The number of nitrogens with one attached hydrogen (secondary N) is 1. The highest BCUT2D eigenvalue weighted by molar-refractivity contribution is 5.97. The third-order valence-electron chi connectivity index (χ3n) is 3.27. The number of allylic oxidation sites excluding steroid dienone is 1. The number of carboxylic acid groups (broad SMARTS) is 1. The molecule has 0 aromatic heterocycles. The number of rotatable bonds is 6. The van der Waals surface area contributed by atoms with Crippen molar-refractivity contribution in [2.24, 2.45) is 0 Å². The first-order valence-corrected chi connectivity index (χ1v) is 7.16. The van der Waals surface area contributed by atoms with Crippen LogP contribution in [0.4, 0.5) is 0 Å². The third-order valence-corrected chi connectivity index (χ3v) is 3.27. The largest absolute Gasteiger partial charge is 0.490 e. The first kappa shape index (κ1) is 15.9. The van der Waals surface area contributed by atoms with E-state index in [0.29, 0.717) is 43.1 Å². The van der Waals surface area contributed by atoms with E-state index in [4.69, 9.17) is 14.6 Å². The van der Waals surface area contributed by atoms with Gasteiger partial charge in [0.15, 0.2) is 11.5 Å². The molecule has 1 aromatic carbocycles. The lowest BCUT2D eigenvalue weighted by Gasteiger charge is -2.14. The Bertz CT molecular complexity index is 570.